The number of hydrazone groups is 1. The van der Waals surface area contributed by atoms with Crippen molar-refractivity contribution in [2.75, 3.05) is 21.3 Å². The van der Waals surface area contributed by atoms with Crippen LogP contribution >= 0.6 is 23.2 Å². The molecule has 32 heavy (non-hydrogen) atoms. The number of halogens is 2. The Hall–Kier alpha value is -3.23. The molecule has 3 aromatic rings. The van der Waals surface area contributed by atoms with Crippen molar-refractivity contribution in [1.82, 2.24) is 15.2 Å². The molecule has 1 heterocycles. The predicted molar refractivity (Wildman–Crippen MR) is 124 cm³/mol. The maximum absolute atomic E-state index is 12.6. The van der Waals surface area contributed by atoms with Crippen molar-refractivity contribution in [3.63, 3.8) is 0 Å². The first-order valence-electron chi connectivity index (χ1n) is 9.48. The Morgan fingerprint density at radius 3 is 2.28 bits per heavy atom. The zero-order valence-electron chi connectivity index (χ0n) is 18.0. The molecular weight excluding hydrogens is 455 g/mol. The molecule has 1 N–H and O–H groups in total. The molecule has 0 bridgehead atoms. The number of hydrogen-bond donors (Lipinski definition) is 1. The summed E-state index contributed by atoms with van der Waals surface area (Å²) in [5.74, 6) is 0.667. The van der Waals surface area contributed by atoms with Gasteiger partial charge in [-0.3, -0.25) is 4.79 Å². The molecule has 10 heteroatoms. The van der Waals surface area contributed by atoms with Crippen molar-refractivity contribution < 1.29 is 19.0 Å². The standard InChI is InChI=1S/C22H22Cl2N4O4/c1-13-17(21(24)28(27-13)12-14-5-7-16(23)8-6-14)11-25-26-22(29)15-9-18(30-2)20(32-4)19(10-15)31-3/h5-11H,12H2,1-4H3,(H,26,29). The second-order valence-electron chi connectivity index (χ2n) is 6.69. The van der Waals surface area contributed by atoms with Gasteiger partial charge in [0.1, 0.15) is 5.15 Å². The molecule has 0 radical (unpaired) electrons. The smallest absolute Gasteiger partial charge is 0.271 e. The molecular formula is C22H22Cl2N4O4. The third-order valence-electron chi connectivity index (χ3n) is 4.64. The molecule has 8 nitrogen and oxygen atoms in total. The summed E-state index contributed by atoms with van der Waals surface area (Å²) in [6, 6.07) is 10.5. The minimum Gasteiger partial charge on any atom is -0.493 e. The zero-order valence-corrected chi connectivity index (χ0v) is 19.5. The van der Waals surface area contributed by atoms with Crippen LogP contribution in [0.3, 0.4) is 0 Å². The zero-order chi connectivity index (χ0) is 23.3. The molecule has 0 aliphatic rings. The summed E-state index contributed by atoms with van der Waals surface area (Å²) in [5, 5.41) is 9.55. The fourth-order valence-electron chi connectivity index (χ4n) is 3.01. The summed E-state index contributed by atoms with van der Waals surface area (Å²) in [6.07, 6.45) is 1.46. The minimum absolute atomic E-state index is 0.290. The number of nitrogens with one attached hydrogen (secondary N) is 1. The largest absolute Gasteiger partial charge is 0.493 e. The molecule has 2 aromatic carbocycles. The number of amides is 1. The van der Waals surface area contributed by atoms with Gasteiger partial charge in [-0.25, -0.2) is 10.1 Å². The molecule has 168 valence electrons. The molecule has 0 fully saturated rings. The van der Waals surface area contributed by atoms with Crippen LogP contribution < -0.4 is 19.6 Å². The minimum atomic E-state index is -0.456. The summed E-state index contributed by atoms with van der Waals surface area (Å²) >= 11 is 12.4. The van der Waals surface area contributed by atoms with E-state index in [2.05, 4.69) is 15.6 Å². The van der Waals surface area contributed by atoms with E-state index in [1.165, 1.54) is 39.7 Å². The Bertz CT molecular complexity index is 1120. The van der Waals surface area contributed by atoms with Crippen LogP contribution in [-0.4, -0.2) is 43.2 Å². The first-order valence-corrected chi connectivity index (χ1v) is 10.2. The van der Waals surface area contributed by atoms with Crippen LogP contribution in [0.2, 0.25) is 10.2 Å². The van der Waals surface area contributed by atoms with Crippen molar-refractivity contribution >= 4 is 35.3 Å². The predicted octanol–water partition coefficient (Wildman–Crippen LogP) is 4.34. The fraction of sp³-hybridized carbons (Fsp3) is 0.227. The number of hydrogen-bond acceptors (Lipinski definition) is 6. The molecule has 0 aliphatic heterocycles. The Morgan fingerprint density at radius 1 is 1.09 bits per heavy atom. The van der Waals surface area contributed by atoms with E-state index in [0.717, 1.165) is 5.56 Å². The molecule has 0 atom stereocenters. The molecule has 0 aliphatic carbocycles. The van der Waals surface area contributed by atoms with Crippen LogP contribution in [0.25, 0.3) is 0 Å². The lowest BCUT2D eigenvalue weighted by Gasteiger charge is -2.13. The molecule has 0 saturated heterocycles. The van der Waals surface area contributed by atoms with Crippen LogP contribution in [-0.2, 0) is 6.54 Å². The fourth-order valence-corrected chi connectivity index (χ4v) is 3.42. The topological polar surface area (TPSA) is 87.0 Å². The second kappa shape index (κ2) is 10.4. The van der Waals surface area contributed by atoms with E-state index in [9.17, 15) is 4.79 Å². The quantitative estimate of drug-likeness (QED) is 0.386. The molecule has 1 amide bonds. The van der Waals surface area contributed by atoms with Crippen molar-refractivity contribution in [3.8, 4) is 17.2 Å². The first-order chi connectivity index (χ1) is 15.4. The molecule has 3 rings (SSSR count). The summed E-state index contributed by atoms with van der Waals surface area (Å²) in [4.78, 5) is 12.6. The Labute approximate surface area is 195 Å². The monoisotopic (exact) mass is 476 g/mol. The highest BCUT2D eigenvalue weighted by Crippen LogP contribution is 2.38. The van der Waals surface area contributed by atoms with Crippen molar-refractivity contribution in [1.29, 1.82) is 0 Å². The van der Waals surface area contributed by atoms with Gasteiger partial charge in [0.05, 0.1) is 45.3 Å². The first kappa shape index (κ1) is 23.4. The molecule has 0 spiro atoms. The van der Waals surface area contributed by atoms with Crippen molar-refractivity contribution in [2.24, 2.45) is 5.10 Å². The average Bonchev–Trinajstić information content (AvgIpc) is 3.06. The lowest BCUT2D eigenvalue weighted by Crippen LogP contribution is -2.18. The van der Waals surface area contributed by atoms with Gasteiger partial charge in [0.15, 0.2) is 11.5 Å². The summed E-state index contributed by atoms with van der Waals surface area (Å²) < 4.78 is 17.5. The summed E-state index contributed by atoms with van der Waals surface area (Å²) in [7, 11) is 4.44. The van der Waals surface area contributed by atoms with Crippen molar-refractivity contribution in [2.45, 2.75) is 13.5 Å². The highest BCUT2D eigenvalue weighted by Gasteiger charge is 2.17. The van der Waals surface area contributed by atoms with E-state index in [1.807, 2.05) is 31.2 Å². The summed E-state index contributed by atoms with van der Waals surface area (Å²) in [6.45, 7) is 2.29. The summed E-state index contributed by atoms with van der Waals surface area (Å²) in [5.41, 5.74) is 5.04. The van der Waals surface area contributed by atoms with Gasteiger partial charge < -0.3 is 14.2 Å². The molecule has 1 aromatic heterocycles. The third-order valence-corrected chi connectivity index (χ3v) is 5.29. The van der Waals surface area contributed by atoms with Gasteiger partial charge in [0, 0.05) is 10.6 Å². The number of aromatic nitrogens is 2. The number of carbonyl (C=O) groups is 1. The van der Waals surface area contributed by atoms with Gasteiger partial charge in [-0.05, 0) is 36.8 Å². The van der Waals surface area contributed by atoms with E-state index in [1.54, 1.807) is 4.68 Å². The second-order valence-corrected chi connectivity index (χ2v) is 7.48. The van der Waals surface area contributed by atoms with E-state index >= 15 is 0 Å². The van der Waals surface area contributed by atoms with Gasteiger partial charge in [0.25, 0.3) is 5.91 Å². The average molecular weight is 477 g/mol. The Morgan fingerprint density at radius 2 is 1.72 bits per heavy atom. The SMILES string of the molecule is COc1cc(C(=O)NN=Cc2c(C)nn(Cc3ccc(Cl)cc3)c2Cl)cc(OC)c1OC. The number of benzene rings is 2. The number of carbonyl (C=O) groups excluding carboxylic acids is 1. The lowest BCUT2D eigenvalue weighted by atomic mass is 10.1. The number of rotatable bonds is 8. The third kappa shape index (κ3) is 5.15. The lowest BCUT2D eigenvalue weighted by molar-refractivity contribution is 0.0954. The van der Waals surface area contributed by atoms with Crippen LogP contribution in [0.5, 0.6) is 17.2 Å². The van der Waals surface area contributed by atoms with Gasteiger partial charge in [-0.1, -0.05) is 35.3 Å². The van der Waals surface area contributed by atoms with Gasteiger partial charge in [-0.15, -0.1) is 0 Å². The maximum Gasteiger partial charge on any atom is 0.271 e. The van der Waals surface area contributed by atoms with Crippen LogP contribution in [0.15, 0.2) is 41.5 Å². The number of nitrogens with zero attached hydrogens (tertiary/aromatic N) is 3. The Balaban J connectivity index is 1.75. The van der Waals surface area contributed by atoms with Crippen molar-refractivity contribution in [3.05, 3.63) is 69.0 Å². The van der Waals surface area contributed by atoms with Crippen LogP contribution in [0, 0.1) is 6.92 Å². The van der Waals surface area contributed by atoms with Crippen LogP contribution in [0.4, 0.5) is 0 Å². The number of aryl methyl sites for hydroxylation is 1. The normalized spacial score (nSPS) is 10.9. The van der Waals surface area contributed by atoms with Gasteiger partial charge in [0.2, 0.25) is 5.75 Å². The van der Waals surface area contributed by atoms with E-state index in [0.29, 0.717) is 45.2 Å². The number of methoxy groups -OCH3 is 3. The van der Waals surface area contributed by atoms with Gasteiger partial charge in [-0.2, -0.15) is 10.2 Å². The molecule has 0 unspecified atom stereocenters. The Kier molecular flexibility index (Phi) is 7.61. The van der Waals surface area contributed by atoms with E-state index in [-0.39, 0.29) is 5.56 Å². The highest BCUT2D eigenvalue weighted by molar-refractivity contribution is 6.32. The van der Waals surface area contributed by atoms with Gasteiger partial charge >= 0.3 is 0 Å². The molecule has 0 saturated carbocycles. The maximum atomic E-state index is 12.6. The number of ether oxygens (including phenoxy) is 3. The van der Waals surface area contributed by atoms with E-state index in [4.69, 9.17) is 37.4 Å². The van der Waals surface area contributed by atoms with Crippen LogP contribution in [0.1, 0.15) is 27.2 Å². The van der Waals surface area contributed by atoms with E-state index < -0.39 is 5.91 Å². The highest BCUT2D eigenvalue weighted by atomic mass is 35.5.